The van der Waals surface area contributed by atoms with Gasteiger partial charge in [-0.05, 0) is 36.8 Å². The Morgan fingerprint density at radius 3 is 2.68 bits per heavy atom. The number of nitrogens with one attached hydrogen (secondary N) is 1. The Morgan fingerprint density at radius 1 is 1.23 bits per heavy atom. The van der Waals surface area contributed by atoms with E-state index < -0.39 is 0 Å². The smallest absolute Gasteiger partial charge is 0.181 e. The van der Waals surface area contributed by atoms with Gasteiger partial charge in [0, 0.05) is 11.6 Å². The molecule has 3 rings (SSSR count). The molecule has 0 radical (unpaired) electrons. The molecule has 2 heterocycles. The van der Waals surface area contributed by atoms with Crippen LogP contribution in [0.2, 0.25) is 5.15 Å². The summed E-state index contributed by atoms with van der Waals surface area (Å²) < 4.78 is 18.2. The molecule has 4 nitrogen and oxygen atoms in total. The monoisotopic (exact) mass is 317 g/mol. The van der Waals surface area contributed by atoms with Crippen molar-refractivity contribution in [1.82, 2.24) is 9.97 Å². The van der Waals surface area contributed by atoms with Crippen LogP contribution in [0.3, 0.4) is 0 Å². The van der Waals surface area contributed by atoms with Crippen molar-refractivity contribution in [1.29, 1.82) is 0 Å². The molecular formula is C16H13ClFN3O. The van der Waals surface area contributed by atoms with Crippen LogP contribution in [0, 0.1) is 5.82 Å². The summed E-state index contributed by atoms with van der Waals surface area (Å²) in [5, 5.41) is 3.59. The molecule has 2 aromatic heterocycles. The maximum atomic E-state index is 13.0. The van der Waals surface area contributed by atoms with Gasteiger partial charge in [0.25, 0.3) is 0 Å². The van der Waals surface area contributed by atoms with Gasteiger partial charge in [-0.3, -0.25) is 0 Å². The van der Waals surface area contributed by atoms with Crippen LogP contribution in [-0.2, 0) is 0 Å². The molecule has 0 amide bonds. The van der Waals surface area contributed by atoms with Crippen LogP contribution in [0.1, 0.15) is 18.5 Å². The van der Waals surface area contributed by atoms with Gasteiger partial charge in [-0.1, -0.05) is 23.7 Å². The maximum Gasteiger partial charge on any atom is 0.181 e. The van der Waals surface area contributed by atoms with Gasteiger partial charge in [-0.15, -0.1) is 0 Å². The molecule has 0 fully saturated rings. The van der Waals surface area contributed by atoms with Gasteiger partial charge in [0.2, 0.25) is 0 Å². The fourth-order valence-electron chi connectivity index (χ4n) is 2.13. The van der Waals surface area contributed by atoms with Crippen molar-refractivity contribution < 1.29 is 8.81 Å². The van der Waals surface area contributed by atoms with E-state index in [-0.39, 0.29) is 11.9 Å². The first-order valence-corrected chi connectivity index (χ1v) is 7.08. The molecule has 0 aliphatic heterocycles. The zero-order chi connectivity index (χ0) is 15.5. The predicted molar refractivity (Wildman–Crippen MR) is 83.2 cm³/mol. The first-order valence-electron chi connectivity index (χ1n) is 6.70. The Bertz CT molecular complexity index is 760. The number of rotatable bonds is 4. The summed E-state index contributed by atoms with van der Waals surface area (Å²) in [7, 11) is 0. The van der Waals surface area contributed by atoms with Gasteiger partial charge in [0.05, 0.1) is 6.20 Å². The van der Waals surface area contributed by atoms with Gasteiger partial charge in [0.1, 0.15) is 16.8 Å². The fourth-order valence-corrected chi connectivity index (χ4v) is 2.34. The van der Waals surface area contributed by atoms with E-state index in [9.17, 15) is 4.39 Å². The zero-order valence-electron chi connectivity index (χ0n) is 11.8. The average molecular weight is 318 g/mol. The minimum absolute atomic E-state index is 0.0471. The molecule has 1 atom stereocenters. The number of halogens is 2. The molecule has 0 aliphatic carbocycles. The number of pyridine rings is 1. The van der Waals surface area contributed by atoms with E-state index in [1.807, 2.05) is 13.0 Å². The van der Waals surface area contributed by atoms with Crippen LogP contribution in [0.5, 0.6) is 0 Å². The van der Waals surface area contributed by atoms with Crippen LogP contribution < -0.4 is 5.32 Å². The Morgan fingerprint density at radius 2 is 2.00 bits per heavy atom. The van der Waals surface area contributed by atoms with Crippen molar-refractivity contribution in [2.45, 2.75) is 13.0 Å². The van der Waals surface area contributed by atoms with Crippen LogP contribution in [0.4, 0.5) is 10.2 Å². The lowest BCUT2D eigenvalue weighted by Crippen LogP contribution is -2.08. The maximum absolute atomic E-state index is 13.0. The zero-order valence-corrected chi connectivity index (χ0v) is 12.5. The second kappa shape index (κ2) is 6.15. The van der Waals surface area contributed by atoms with Gasteiger partial charge in [-0.2, -0.15) is 0 Å². The van der Waals surface area contributed by atoms with Crippen molar-refractivity contribution in [3.63, 3.8) is 0 Å². The highest BCUT2D eigenvalue weighted by Gasteiger charge is 2.10. The van der Waals surface area contributed by atoms with E-state index in [4.69, 9.17) is 16.0 Å². The quantitative estimate of drug-likeness (QED) is 0.708. The molecule has 0 spiro atoms. The standard InChI is InChI=1S/C16H13ClFN3O/c1-10(11-2-4-13(18)5-3-11)20-16-7-12(6-15(17)21-16)14-8-19-9-22-14/h2-10H,1H3,(H,20,21). The van der Waals surface area contributed by atoms with Gasteiger partial charge in [-0.25, -0.2) is 14.4 Å². The molecule has 1 aromatic carbocycles. The highest BCUT2D eigenvalue weighted by atomic mass is 35.5. The first-order chi connectivity index (χ1) is 10.6. The normalized spacial score (nSPS) is 12.1. The second-order valence-corrected chi connectivity index (χ2v) is 5.23. The van der Waals surface area contributed by atoms with E-state index in [1.165, 1.54) is 18.5 Å². The topological polar surface area (TPSA) is 51.0 Å². The number of hydrogen-bond acceptors (Lipinski definition) is 4. The molecular weight excluding hydrogens is 305 g/mol. The van der Waals surface area contributed by atoms with E-state index in [1.54, 1.807) is 24.4 Å². The van der Waals surface area contributed by atoms with E-state index in [0.717, 1.165) is 11.1 Å². The molecule has 1 N–H and O–H groups in total. The number of hydrogen-bond donors (Lipinski definition) is 1. The van der Waals surface area contributed by atoms with E-state index in [0.29, 0.717) is 16.7 Å². The third kappa shape index (κ3) is 3.26. The summed E-state index contributed by atoms with van der Waals surface area (Å²) in [5.41, 5.74) is 1.73. The number of aromatic nitrogens is 2. The second-order valence-electron chi connectivity index (χ2n) is 4.85. The molecule has 0 bridgehead atoms. The van der Waals surface area contributed by atoms with Crippen LogP contribution in [-0.4, -0.2) is 9.97 Å². The van der Waals surface area contributed by atoms with Crippen molar-refractivity contribution in [3.05, 3.63) is 65.5 Å². The molecule has 3 aromatic rings. The Kier molecular flexibility index (Phi) is 4.06. The molecule has 6 heteroatoms. The lowest BCUT2D eigenvalue weighted by atomic mass is 10.1. The minimum Gasteiger partial charge on any atom is -0.444 e. The summed E-state index contributed by atoms with van der Waals surface area (Å²) >= 11 is 6.05. The summed E-state index contributed by atoms with van der Waals surface area (Å²) in [6.45, 7) is 1.96. The Balaban J connectivity index is 1.84. The van der Waals surface area contributed by atoms with Crippen LogP contribution in [0.15, 0.2) is 53.4 Å². The lowest BCUT2D eigenvalue weighted by Gasteiger charge is -2.15. The molecule has 1 unspecified atom stereocenters. The number of benzene rings is 1. The minimum atomic E-state index is -0.260. The largest absolute Gasteiger partial charge is 0.444 e. The summed E-state index contributed by atoms with van der Waals surface area (Å²) in [6.07, 6.45) is 2.97. The fraction of sp³-hybridized carbons (Fsp3) is 0.125. The number of anilines is 1. The summed E-state index contributed by atoms with van der Waals surface area (Å²) in [4.78, 5) is 8.13. The third-order valence-electron chi connectivity index (χ3n) is 3.25. The van der Waals surface area contributed by atoms with Gasteiger partial charge >= 0.3 is 0 Å². The highest BCUT2D eigenvalue weighted by Crippen LogP contribution is 2.26. The average Bonchev–Trinajstić information content (AvgIpc) is 3.01. The van der Waals surface area contributed by atoms with E-state index in [2.05, 4.69) is 15.3 Å². The van der Waals surface area contributed by atoms with Crippen molar-refractivity contribution in [2.24, 2.45) is 0 Å². The first kappa shape index (κ1) is 14.5. The van der Waals surface area contributed by atoms with E-state index >= 15 is 0 Å². The number of oxazole rings is 1. The summed E-state index contributed by atoms with van der Waals surface area (Å²) in [5.74, 6) is 0.960. The Labute approximate surface area is 132 Å². The predicted octanol–water partition coefficient (Wildman–Crippen LogP) is 4.70. The van der Waals surface area contributed by atoms with Crippen molar-refractivity contribution >= 4 is 17.4 Å². The molecule has 0 aliphatic rings. The highest BCUT2D eigenvalue weighted by molar-refractivity contribution is 6.29. The van der Waals surface area contributed by atoms with Gasteiger partial charge < -0.3 is 9.73 Å². The van der Waals surface area contributed by atoms with Crippen molar-refractivity contribution in [2.75, 3.05) is 5.32 Å². The van der Waals surface area contributed by atoms with Crippen molar-refractivity contribution in [3.8, 4) is 11.3 Å². The molecule has 0 saturated carbocycles. The Hall–Kier alpha value is -2.40. The summed E-state index contributed by atoms with van der Waals surface area (Å²) in [6, 6.07) is 9.80. The van der Waals surface area contributed by atoms with Crippen LogP contribution in [0.25, 0.3) is 11.3 Å². The van der Waals surface area contributed by atoms with Crippen LogP contribution >= 0.6 is 11.6 Å². The molecule has 22 heavy (non-hydrogen) atoms. The third-order valence-corrected chi connectivity index (χ3v) is 3.44. The molecule has 112 valence electrons. The SMILES string of the molecule is CC(Nc1cc(-c2cnco2)cc(Cl)n1)c1ccc(F)cc1. The lowest BCUT2D eigenvalue weighted by molar-refractivity contribution is 0.572. The number of nitrogens with zero attached hydrogens (tertiary/aromatic N) is 2. The molecule has 0 saturated heterocycles. The van der Waals surface area contributed by atoms with Gasteiger partial charge in [0.15, 0.2) is 12.2 Å².